The summed E-state index contributed by atoms with van der Waals surface area (Å²) in [4.78, 5) is 23.9. The van der Waals surface area contributed by atoms with Crippen LogP contribution in [0.1, 0.15) is 11.5 Å². The van der Waals surface area contributed by atoms with Gasteiger partial charge in [0, 0.05) is 26.2 Å². The molecule has 0 aliphatic carbocycles. The molecule has 2 rings (SSSR count). The molecular formula is C11H20N3O5P. The molecule has 0 amide bonds. The number of hydrazone groups is 1. The number of nitrogens with zero attached hydrogens (tertiary/aromatic N) is 3. The van der Waals surface area contributed by atoms with Crippen molar-refractivity contribution in [3.05, 3.63) is 23.7 Å². The van der Waals surface area contributed by atoms with Crippen LogP contribution in [0.4, 0.5) is 0 Å². The summed E-state index contributed by atoms with van der Waals surface area (Å²) >= 11 is 0. The summed E-state index contributed by atoms with van der Waals surface area (Å²) in [5.41, 5.74) is 0. The summed E-state index contributed by atoms with van der Waals surface area (Å²) in [6.07, 6.45) is 1.79. The molecule has 1 aromatic rings. The Balaban J connectivity index is 0.000000347. The molecule has 3 N–H and O–H groups in total. The normalized spacial score (nSPS) is 17.1. The van der Waals surface area contributed by atoms with Gasteiger partial charge in [-0.05, 0) is 26.1 Å². The SMILES string of the molecule is Cc1ccc(/C=N/N2CCN(C)CC2)o1.O=P(O)(O)O. The van der Waals surface area contributed by atoms with Gasteiger partial charge in [-0.3, -0.25) is 5.01 Å². The maximum atomic E-state index is 8.88. The third kappa shape index (κ3) is 8.08. The van der Waals surface area contributed by atoms with Crippen molar-refractivity contribution in [2.24, 2.45) is 5.10 Å². The van der Waals surface area contributed by atoms with Crippen molar-refractivity contribution in [3.63, 3.8) is 0 Å². The molecule has 20 heavy (non-hydrogen) atoms. The fourth-order valence-electron chi connectivity index (χ4n) is 1.57. The van der Waals surface area contributed by atoms with Crippen LogP contribution in [0.3, 0.4) is 0 Å². The summed E-state index contributed by atoms with van der Waals surface area (Å²) in [6.45, 7) is 6.08. The van der Waals surface area contributed by atoms with E-state index in [9.17, 15) is 0 Å². The molecule has 9 heteroatoms. The van der Waals surface area contributed by atoms with Gasteiger partial charge in [0.2, 0.25) is 0 Å². The quantitative estimate of drug-likeness (QED) is 0.530. The number of furan rings is 1. The van der Waals surface area contributed by atoms with Crippen LogP contribution in [0.25, 0.3) is 0 Å². The molecule has 1 aliphatic rings. The zero-order valence-electron chi connectivity index (χ0n) is 11.5. The second kappa shape index (κ2) is 7.56. The van der Waals surface area contributed by atoms with Gasteiger partial charge in [-0.15, -0.1) is 0 Å². The van der Waals surface area contributed by atoms with Gasteiger partial charge in [0.1, 0.15) is 11.5 Å². The monoisotopic (exact) mass is 305 g/mol. The zero-order chi connectivity index (χ0) is 15.2. The Morgan fingerprint density at radius 3 is 2.25 bits per heavy atom. The molecule has 2 heterocycles. The van der Waals surface area contributed by atoms with Crippen LogP contribution < -0.4 is 0 Å². The lowest BCUT2D eigenvalue weighted by Gasteiger charge is -2.30. The predicted molar refractivity (Wildman–Crippen MR) is 74.4 cm³/mol. The van der Waals surface area contributed by atoms with E-state index in [0.717, 1.165) is 37.7 Å². The molecule has 8 nitrogen and oxygen atoms in total. The fourth-order valence-corrected chi connectivity index (χ4v) is 1.57. The maximum Gasteiger partial charge on any atom is 0.466 e. The standard InChI is InChI=1S/C11H17N3O.H3O4P/c1-10-3-4-11(15-10)9-12-14-7-5-13(2)6-8-14;1-5(2,3)4/h3-4,9H,5-8H2,1-2H3;(H3,1,2,3,4)/b12-9+;. The van der Waals surface area contributed by atoms with Crippen molar-refractivity contribution in [3.8, 4) is 0 Å². The first-order valence-corrected chi connectivity index (χ1v) is 7.63. The van der Waals surface area contributed by atoms with Crippen LogP contribution in [-0.2, 0) is 4.57 Å². The van der Waals surface area contributed by atoms with Gasteiger partial charge in [0.05, 0.1) is 6.21 Å². The van der Waals surface area contributed by atoms with Crippen LogP contribution in [0.2, 0.25) is 0 Å². The molecule has 1 fully saturated rings. The van der Waals surface area contributed by atoms with Crippen molar-refractivity contribution in [2.75, 3.05) is 33.2 Å². The van der Waals surface area contributed by atoms with Gasteiger partial charge in [-0.1, -0.05) is 0 Å². The minimum Gasteiger partial charge on any atom is -0.460 e. The van der Waals surface area contributed by atoms with E-state index >= 15 is 0 Å². The van der Waals surface area contributed by atoms with Crippen molar-refractivity contribution >= 4 is 14.0 Å². The number of aryl methyl sites for hydroxylation is 1. The molecule has 1 aromatic heterocycles. The van der Waals surface area contributed by atoms with E-state index in [2.05, 4.69) is 22.1 Å². The van der Waals surface area contributed by atoms with Gasteiger partial charge in [0.15, 0.2) is 0 Å². The van der Waals surface area contributed by atoms with Crippen molar-refractivity contribution in [2.45, 2.75) is 6.92 Å². The van der Waals surface area contributed by atoms with E-state index < -0.39 is 7.82 Å². The van der Waals surface area contributed by atoms with E-state index in [1.54, 1.807) is 6.21 Å². The number of phosphoric acid groups is 1. The minimum atomic E-state index is -4.64. The predicted octanol–water partition coefficient (Wildman–Crippen LogP) is 0.241. The van der Waals surface area contributed by atoms with Gasteiger partial charge in [-0.25, -0.2) is 4.57 Å². The van der Waals surface area contributed by atoms with E-state index in [1.807, 2.05) is 19.1 Å². The second-order valence-electron chi connectivity index (χ2n) is 4.46. The topological polar surface area (TPSA) is 110 Å². The summed E-state index contributed by atoms with van der Waals surface area (Å²) in [5, 5.41) is 6.47. The minimum absolute atomic E-state index is 0.825. The van der Waals surface area contributed by atoms with E-state index in [-0.39, 0.29) is 0 Å². The van der Waals surface area contributed by atoms with Gasteiger partial charge < -0.3 is 24.0 Å². The fraction of sp³-hybridized carbons (Fsp3) is 0.545. The number of piperazine rings is 1. The molecule has 114 valence electrons. The van der Waals surface area contributed by atoms with Crippen molar-refractivity contribution < 1.29 is 23.7 Å². The molecular weight excluding hydrogens is 285 g/mol. The summed E-state index contributed by atoms with van der Waals surface area (Å²) in [7, 11) is -2.50. The number of rotatable bonds is 2. The van der Waals surface area contributed by atoms with E-state index in [1.165, 1.54) is 0 Å². The van der Waals surface area contributed by atoms with Crippen molar-refractivity contribution in [1.29, 1.82) is 0 Å². The third-order valence-electron chi connectivity index (χ3n) is 2.59. The van der Waals surface area contributed by atoms with Crippen LogP contribution in [0.15, 0.2) is 21.7 Å². The van der Waals surface area contributed by atoms with Crippen LogP contribution in [0.5, 0.6) is 0 Å². The van der Waals surface area contributed by atoms with Gasteiger partial charge in [-0.2, -0.15) is 5.10 Å². The lowest BCUT2D eigenvalue weighted by Crippen LogP contribution is -2.41. The lowest BCUT2D eigenvalue weighted by atomic mass is 10.4. The average molecular weight is 305 g/mol. The zero-order valence-corrected chi connectivity index (χ0v) is 12.4. The summed E-state index contributed by atoms with van der Waals surface area (Å²) in [6, 6.07) is 3.89. The Bertz CT molecular complexity index is 468. The highest BCUT2D eigenvalue weighted by molar-refractivity contribution is 7.45. The molecule has 1 aliphatic heterocycles. The van der Waals surface area contributed by atoms with E-state index in [0.29, 0.717) is 0 Å². The first-order chi connectivity index (χ1) is 9.24. The Morgan fingerprint density at radius 2 is 1.80 bits per heavy atom. The van der Waals surface area contributed by atoms with Crippen LogP contribution >= 0.6 is 7.82 Å². The molecule has 0 unspecified atom stereocenters. The molecule has 0 bridgehead atoms. The Labute approximate surface area is 117 Å². The average Bonchev–Trinajstić information content (AvgIpc) is 2.72. The highest BCUT2D eigenvalue weighted by atomic mass is 31.2. The van der Waals surface area contributed by atoms with Crippen molar-refractivity contribution in [1.82, 2.24) is 9.91 Å². The maximum absolute atomic E-state index is 8.88. The molecule has 0 spiro atoms. The second-order valence-corrected chi connectivity index (χ2v) is 5.49. The smallest absolute Gasteiger partial charge is 0.460 e. The molecule has 1 saturated heterocycles. The largest absolute Gasteiger partial charge is 0.466 e. The first-order valence-electron chi connectivity index (χ1n) is 6.06. The third-order valence-corrected chi connectivity index (χ3v) is 2.59. The molecule has 0 atom stereocenters. The van der Waals surface area contributed by atoms with Crippen LogP contribution in [0, 0.1) is 6.92 Å². The highest BCUT2D eigenvalue weighted by Crippen LogP contribution is 2.25. The van der Waals surface area contributed by atoms with E-state index in [4.69, 9.17) is 23.7 Å². The number of likely N-dealkylation sites (N-methyl/N-ethyl adjacent to an activating group) is 1. The number of hydrogen-bond donors (Lipinski definition) is 3. The molecule has 0 radical (unpaired) electrons. The summed E-state index contributed by atoms with van der Waals surface area (Å²) < 4.78 is 14.3. The Morgan fingerprint density at radius 1 is 1.25 bits per heavy atom. The Hall–Kier alpha value is -1.18. The Kier molecular flexibility index (Phi) is 6.38. The van der Waals surface area contributed by atoms with Gasteiger partial charge >= 0.3 is 7.82 Å². The highest BCUT2D eigenvalue weighted by Gasteiger charge is 2.10. The summed E-state index contributed by atoms with van der Waals surface area (Å²) in [5.74, 6) is 1.75. The lowest BCUT2D eigenvalue weighted by molar-refractivity contribution is 0.159. The molecule has 0 saturated carbocycles. The molecule has 0 aromatic carbocycles. The van der Waals surface area contributed by atoms with Crippen LogP contribution in [-0.4, -0.2) is 64.0 Å². The van der Waals surface area contributed by atoms with Gasteiger partial charge in [0.25, 0.3) is 0 Å². The number of hydrogen-bond acceptors (Lipinski definition) is 5. The first kappa shape index (κ1) is 16.9.